The molecule has 35 heavy (non-hydrogen) atoms. The summed E-state index contributed by atoms with van der Waals surface area (Å²) in [6, 6.07) is 3.62. The van der Waals surface area contributed by atoms with Crippen molar-refractivity contribution >= 4 is 31.2 Å². The molecule has 0 atom stereocenters. The van der Waals surface area contributed by atoms with Crippen LogP contribution >= 0.6 is 0 Å². The maximum Gasteiger partial charge on any atom is 0.332 e. The third kappa shape index (κ3) is 3.84. The fraction of sp³-hybridized carbons (Fsp3) is 0.476. The molecule has 0 unspecified atom stereocenters. The Morgan fingerprint density at radius 2 is 1.23 bits per heavy atom. The van der Waals surface area contributed by atoms with Crippen LogP contribution in [0.2, 0.25) is 0 Å². The van der Waals surface area contributed by atoms with Crippen LogP contribution in [0.4, 0.5) is 0 Å². The van der Waals surface area contributed by atoms with Gasteiger partial charge in [0.05, 0.1) is 4.90 Å². The van der Waals surface area contributed by atoms with Gasteiger partial charge >= 0.3 is 5.69 Å². The van der Waals surface area contributed by atoms with Gasteiger partial charge in [-0.05, 0) is 31.9 Å². The number of hydrogen-bond donors (Lipinski definition) is 0. The molecule has 0 spiro atoms. The van der Waals surface area contributed by atoms with E-state index >= 15 is 0 Å². The lowest BCUT2D eigenvalue weighted by atomic mass is 10.1. The second kappa shape index (κ2) is 8.40. The van der Waals surface area contributed by atoms with Crippen molar-refractivity contribution in [3.63, 3.8) is 0 Å². The van der Waals surface area contributed by atoms with Gasteiger partial charge in [0, 0.05) is 47.3 Å². The minimum atomic E-state index is -4.17. The molecule has 1 aromatic carbocycles. The Balaban J connectivity index is 1.66. The second-order valence-electron chi connectivity index (χ2n) is 8.87. The van der Waals surface area contributed by atoms with E-state index in [1.54, 1.807) is 13.8 Å². The minimum Gasteiger partial charge on any atom is -0.311 e. The second-order valence-corrected chi connectivity index (χ2v) is 12.6. The highest BCUT2D eigenvalue weighted by molar-refractivity contribution is 7.89. The van der Waals surface area contributed by atoms with Crippen LogP contribution < -0.4 is 11.2 Å². The summed E-state index contributed by atoms with van der Waals surface area (Å²) < 4.78 is 59.1. The van der Waals surface area contributed by atoms with E-state index in [4.69, 9.17) is 0 Å². The van der Waals surface area contributed by atoms with Crippen molar-refractivity contribution < 1.29 is 16.8 Å². The zero-order valence-corrected chi connectivity index (χ0v) is 22.1. The van der Waals surface area contributed by atoms with Gasteiger partial charge in [0.15, 0.2) is 11.2 Å². The summed E-state index contributed by atoms with van der Waals surface area (Å²) in [7, 11) is -3.87. The summed E-state index contributed by atoms with van der Waals surface area (Å²) in [6.07, 6.45) is 0. The third-order valence-corrected chi connectivity index (χ3v) is 10.5. The van der Waals surface area contributed by atoms with Gasteiger partial charge in [-0.2, -0.15) is 13.6 Å². The first-order valence-electron chi connectivity index (χ1n) is 10.9. The largest absolute Gasteiger partial charge is 0.332 e. The van der Waals surface area contributed by atoms with Gasteiger partial charge in [0.2, 0.25) is 15.2 Å². The Labute approximate surface area is 203 Å². The van der Waals surface area contributed by atoms with E-state index in [-0.39, 0.29) is 47.4 Å². The summed E-state index contributed by atoms with van der Waals surface area (Å²) in [5.74, 6) is 0. The van der Waals surface area contributed by atoms with Crippen LogP contribution in [0.25, 0.3) is 11.2 Å². The van der Waals surface area contributed by atoms with Gasteiger partial charge in [-0.1, -0.05) is 17.7 Å². The van der Waals surface area contributed by atoms with Crippen molar-refractivity contribution in [1.82, 2.24) is 27.3 Å². The maximum atomic E-state index is 13.4. The van der Waals surface area contributed by atoms with E-state index in [0.717, 1.165) is 23.6 Å². The number of hydrogen-bond acceptors (Lipinski definition) is 7. The summed E-state index contributed by atoms with van der Waals surface area (Å²) in [4.78, 5) is 29.2. The van der Waals surface area contributed by atoms with Crippen molar-refractivity contribution in [1.29, 1.82) is 0 Å². The number of fused-ring (bicyclic) bond motifs is 1. The molecule has 0 bridgehead atoms. The van der Waals surface area contributed by atoms with Crippen LogP contribution in [0.5, 0.6) is 0 Å². The average Bonchev–Trinajstić information content (AvgIpc) is 3.13. The van der Waals surface area contributed by atoms with Crippen molar-refractivity contribution in [2.75, 3.05) is 26.2 Å². The van der Waals surface area contributed by atoms with Crippen LogP contribution in [0.1, 0.15) is 16.7 Å². The van der Waals surface area contributed by atoms with Crippen LogP contribution in [0.15, 0.2) is 31.8 Å². The number of benzene rings is 1. The van der Waals surface area contributed by atoms with Gasteiger partial charge in [-0.25, -0.2) is 21.6 Å². The number of aryl methyl sites for hydroxylation is 5. The molecular weight excluding hydrogens is 496 g/mol. The molecule has 0 N–H and O–H groups in total. The number of nitrogens with zero attached hydrogens (tertiary/aromatic N) is 6. The quantitative estimate of drug-likeness (QED) is 0.453. The molecule has 190 valence electrons. The summed E-state index contributed by atoms with van der Waals surface area (Å²) in [6.45, 7) is 5.18. The maximum absolute atomic E-state index is 13.4. The molecule has 12 nitrogen and oxygen atoms in total. The summed E-state index contributed by atoms with van der Waals surface area (Å²) in [5, 5.41) is -0.382. The van der Waals surface area contributed by atoms with Crippen LogP contribution in [-0.4, -0.2) is 70.3 Å². The predicted molar refractivity (Wildman–Crippen MR) is 129 cm³/mol. The van der Waals surface area contributed by atoms with Crippen LogP contribution in [0.3, 0.4) is 0 Å². The number of imidazole rings is 1. The molecule has 1 aliphatic heterocycles. The Morgan fingerprint density at radius 3 is 1.74 bits per heavy atom. The normalized spacial score (nSPS) is 16.3. The van der Waals surface area contributed by atoms with E-state index in [9.17, 15) is 26.4 Å². The van der Waals surface area contributed by atoms with E-state index in [0.29, 0.717) is 11.1 Å². The van der Waals surface area contributed by atoms with Crippen molar-refractivity contribution in [2.45, 2.75) is 30.8 Å². The molecule has 0 aliphatic carbocycles. The highest BCUT2D eigenvalue weighted by atomic mass is 32.2. The number of piperazine rings is 1. The van der Waals surface area contributed by atoms with Gasteiger partial charge in [-0.3, -0.25) is 13.9 Å². The van der Waals surface area contributed by atoms with E-state index in [2.05, 4.69) is 4.98 Å². The molecule has 0 amide bonds. The number of sulfonamides is 2. The smallest absolute Gasteiger partial charge is 0.311 e. The van der Waals surface area contributed by atoms with Crippen molar-refractivity contribution in [2.24, 2.45) is 21.1 Å². The predicted octanol–water partition coefficient (Wildman–Crippen LogP) is -0.409. The molecule has 1 saturated heterocycles. The first-order valence-corrected chi connectivity index (χ1v) is 13.8. The fourth-order valence-electron chi connectivity index (χ4n) is 4.70. The standard InChI is InChI=1S/C21H28N6O6S2/c1-13-11-14(2)17(15(3)12-13)34(30,31)26-7-9-27(10-8-26)35(32,33)20-22-18-16(23(20)4)19(28)25(6)21(29)24(18)5/h11-12H,7-10H2,1-6H3. The fourth-order valence-corrected chi connectivity index (χ4v) is 8.05. The minimum absolute atomic E-state index is 0.0142. The first-order chi connectivity index (χ1) is 16.2. The molecule has 0 radical (unpaired) electrons. The molecule has 2 aromatic heterocycles. The molecule has 0 saturated carbocycles. The Hall–Kier alpha value is -2.81. The SMILES string of the molecule is Cc1cc(C)c(S(=O)(=O)N2CCN(S(=O)(=O)c3nc4c(c(=O)n(C)c(=O)n4C)n3C)CC2)c(C)c1. The topological polar surface area (TPSA) is 137 Å². The lowest BCUT2D eigenvalue weighted by molar-refractivity contribution is 0.271. The monoisotopic (exact) mass is 524 g/mol. The zero-order valence-electron chi connectivity index (χ0n) is 20.4. The Bertz CT molecular complexity index is 1670. The molecule has 1 aliphatic rings. The third-order valence-electron chi connectivity index (χ3n) is 6.41. The van der Waals surface area contributed by atoms with Crippen LogP contribution in [0, 0.1) is 20.8 Å². The van der Waals surface area contributed by atoms with Gasteiger partial charge < -0.3 is 4.57 Å². The van der Waals surface area contributed by atoms with Gasteiger partial charge in [0.25, 0.3) is 15.6 Å². The highest BCUT2D eigenvalue weighted by Crippen LogP contribution is 2.27. The average molecular weight is 525 g/mol. The summed E-state index contributed by atoms with van der Waals surface area (Å²) in [5.41, 5.74) is 0.924. The lowest BCUT2D eigenvalue weighted by Crippen LogP contribution is -2.50. The van der Waals surface area contributed by atoms with Gasteiger partial charge in [0.1, 0.15) is 0 Å². The van der Waals surface area contributed by atoms with E-state index in [1.165, 1.54) is 25.4 Å². The highest BCUT2D eigenvalue weighted by Gasteiger charge is 2.37. The van der Waals surface area contributed by atoms with Gasteiger partial charge in [-0.15, -0.1) is 0 Å². The Morgan fingerprint density at radius 1 is 0.743 bits per heavy atom. The lowest BCUT2D eigenvalue weighted by Gasteiger charge is -2.33. The van der Waals surface area contributed by atoms with Crippen molar-refractivity contribution in [3.05, 3.63) is 49.7 Å². The van der Waals surface area contributed by atoms with Crippen LogP contribution in [-0.2, 0) is 41.2 Å². The Kier molecular flexibility index (Phi) is 6.07. The molecule has 3 heterocycles. The molecule has 3 aromatic rings. The van der Waals surface area contributed by atoms with E-state index in [1.807, 2.05) is 19.1 Å². The van der Waals surface area contributed by atoms with Crippen molar-refractivity contribution in [3.8, 4) is 0 Å². The summed E-state index contributed by atoms with van der Waals surface area (Å²) >= 11 is 0. The molecular formula is C21H28N6O6S2. The van der Waals surface area contributed by atoms with E-state index < -0.39 is 31.3 Å². The molecule has 1 fully saturated rings. The molecule has 14 heteroatoms. The number of aromatic nitrogens is 4. The zero-order chi connectivity index (χ0) is 26.0. The number of rotatable bonds is 4. The molecule has 4 rings (SSSR count). The first kappa shape index (κ1) is 25.3.